The lowest BCUT2D eigenvalue weighted by atomic mass is 10.2. The molecule has 1 N–H and O–H groups in total. The molecule has 0 radical (unpaired) electrons. The molecule has 1 saturated carbocycles. The highest BCUT2D eigenvalue weighted by Crippen LogP contribution is 2.35. The third-order valence-electron chi connectivity index (χ3n) is 3.98. The van der Waals surface area contributed by atoms with E-state index in [9.17, 15) is 24.5 Å². The molecule has 1 heterocycles. The smallest absolute Gasteiger partial charge is 0.326 e. The number of benzene rings is 1. The number of fused-ring (bicyclic) bond motifs is 1. The molecule has 0 saturated heterocycles. The second-order valence-corrected chi connectivity index (χ2v) is 6.09. The van der Waals surface area contributed by atoms with Crippen LogP contribution in [-0.4, -0.2) is 48.0 Å². The van der Waals surface area contributed by atoms with Gasteiger partial charge in [-0.3, -0.25) is 29.4 Å². The van der Waals surface area contributed by atoms with E-state index in [1.54, 1.807) is 0 Å². The van der Waals surface area contributed by atoms with Crippen LogP contribution in [-0.2, 0) is 19.1 Å². The fourth-order valence-corrected chi connectivity index (χ4v) is 2.44. The minimum atomic E-state index is -0.996. The lowest BCUT2D eigenvalue weighted by Gasteiger charge is -2.28. The van der Waals surface area contributed by atoms with Gasteiger partial charge in [0.2, 0.25) is 0 Å². The molecule has 0 aromatic heterocycles. The van der Waals surface area contributed by atoms with E-state index in [1.807, 2.05) is 0 Å². The van der Waals surface area contributed by atoms with Crippen molar-refractivity contribution in [2.45, 2.75) is 31.9 Å². The highest BCUT2D eigenvalue weighted by Gasteiger charge is 2.31. The topological polar surface area (TPSA) is 128 Å². The number of hydrogen-bond donors (Lipinski definition) is 1. The van der Waals surface area contributed by atoms with Crippen LogP contribution in [0.5, 0.6) is 5.75 Å². The number of nitrogens with zero attached hydrogens (tertiary/aromatic N) is 2. The average molecular weight is 363 g/mol. The van der Waals surface area contributed by atoms with Crippen molar-refractivity contribution in [2.75, 3.05) is 18.1 Å². The molecular formula is C16H17N3O7. The average Bonchev–Trinajstić information content (AvgIpc) is 3.40. The van der Waals surface area contributed by atoms with Crippen molar-refractivity contribution in [3.05, 3.63) is 28.3 Å². The Bertz CT molecular complexity index is 775. The summed E-state index contributed by atoms with van der Waals surface area (Å²) in [5.41, 5.74) is -0.125. The van der Waals surface area contributed by atoms with E-state index >= 15 is 0 Å². The van der Waals surface area contributed by atoms with Gasteiger partial charge < -0.3 is 14.8 Å². The minimum Gasteiger partial charge on any atom is -0.482 e. The van der Waals surface area contributed by atoms with Gasteiger partial charge in [-0.1, -0.05) is 0 Å². The zero-order valence-corrected chi connectivity index (χ0v) is 14.0. The highest BCUT2D eigenvalue weighted by molar-refractivity contribution is 6.02. The number of ether oxygens (including phenoxy) is 2. The van der Waals surface area contributed by atoms with Crippen LogP contribution in [0.2, 0.25) is 0 Å². The Morgan fingerprint density at radius 3 is 2.85 bits per heavy atom. The standard InChI is InChI=1S/C16H17N3O7/c1-9(16(22)17-10-2-3-10)26-15(21)7-18-12-6-11(19(23)24)4-5-13(12)25-8-14(18)20/h4-6,9-10H,2-3,7-8H2,1H3,(H,17,22)/t9-/m0/s1. The summed E-state index contributed by atoms with van der Waals surface area (Å²) in [6, 6.07) is 3.90. The third-order valence-corrected chi connectivity index (χ3v) is 3.98. The summed E-state index contributed by atoms with van der Waals surface area (Å²) in [6.07, 6.45) is 0.818. The van der Waals surface area contributed by atoms with Gasteiger partial charge in [0.25, 0.3) is 17.5 Å². The van der Waals surface area contributed by atoms with Crippen LogP contribution in [0.4, 0.5) is 11.4 Å². The molecule has 138 valence electrons. The summed E-state index contributed by atoms with van der Waals surface area (Å²) in [5.74, 6) is -1.48. The highest BCUT2D eigenvalue weighted by atomic mass is 16.6. The van der Waals surface area contributed by atoms with Gasteiger partial charge in [-0.2, -0.15) is 0 Å². The Morgan fingerprint density at radius 1 is 1.46 bits per heavy atom. The van der Waals surface area contributed by atoms with Gasteiger partial charge in [0.15, 0.2) is 12.7 Å². The van der Waals surface area contributed by atoms with Gasteiger partial charge in [-0.05, 0) is 25.8 Å². The Labute approximate surface area is 148 Å². The fraction of sp³-hybridized carbons (Fsp3) is 0.438. The Balaban J connectivity index is 1.69. The number of rotatable bonds is 6. The van der Waals surface area contributed by atoms with Gasteiger partial charge in [0.1, 0.15) is 12.3 Å². The number of esters is 1. The molecule has 26 heavy (non-hydrogen) atoms. The molecule has 1 aromatic rings. The maximum absolute atomic E-state index is 12.1. The van der Waals surface area contributed by atoms with Crippen molar-refractivity contribution >= 4 is 29.2 Å². The van der Waals surface area contributed by atoms with Crippen molar-refractivity contribution in [3.8, 4) is 5.75 Å². The van der Waals surface area contributed by atoms with Crippen LogP contribution in [0.25, 0.3) is 0 Å². The van der Waals surface area contributed by atoms with Crippen LogP contribution in [0, 0.1) is 10.1 Å². The van der Waals surface area contributed by atoms with Crippen LogP contribution in [0.1, 0.15) is 19.8 Å². The van der Waals surface area contributed by atoms with Crippen molar-refractivity contribution in [2.24, 2.45) is 0 Å². The quantitative estimate of drug-likeness (QED) is 0.443. The first-order valence-corrected chi connectivity index (χ1v) is 8.06. The van der Waals surface area contributed by atoms with E-state index in [0.29, 0.717) is 0 Å². The summed E-state index contributed by atoms with van der Waals surface area (Å²) >= 11 is 0. The maximum Gasteiger partial charge on any atom is 0.326 e. The number of non-ortho nitro benzene ring substituents is 1. The molecule has 1 aliphatic heterocycles. The predicted molar refractivity (Wildman–Crippen MR) is 87.7 cm³/mol. The molecule has 3 rings (SSSR count). The van der Waals surface area contributed by atoms with Gasteiger partial charge >= 0.3 is 5.97 Å². The monoisotopic (exact) mass is 363 g/mol. The number of carbonyl (C=O) groups excluding carboxylic acids is 3. The van der Waals surface area contributed by atoms with E-state index in [2.05, 4.69) is 5.32 Å². The summed E-state index contributed by atoms with van der Waals surface area (Å²) in [5, 5.41) is 13.7. The van der Waals surface area contributed by atoms with Crippen molar-refractivity contribution < 1.29 is 28.8 Å². The lowest BCUT2D eigenvalue weighted by molar-refractivity contribution is -0.384. The molecule has 1 aliphatic carbocycles. The number of carbonyl (C=O) groups is 3. The van der Waals surface area contributed by atoms with Crippen molar-refractivity contribution in [1.82, 2.24) is 5.32 Å². The Kier molecular flexibility index (Phi) is 4.74. The third kappa shape index (κ3) is 3.90. The number of nitro groups is 1. The van der Waals surface area contributed by atoms with Crippen LogP contribution < -0.4 is 15.0 Å². The molecule has 0 unspecified atom stereocenters. The molecule has 0 bridgehead atoms. The second-order valence-electron chi connectivity index (χ2n) is 6.09. The molecule has 10 heteroatoms. The molecule has 0 spiro atoms. The summed E-state index contributed by atoms with van der Waals surface area (Å²) in [6.45, 7) is 0.669. The van der Waals surface area contributed by atoms with Crippen molar-refractivity contribution in [1.29, 1.82) is 0 Å². The zero-order valence-electron chi connectivity index (χ0n) is 14.0. The van der Waals surface area contributed by atoms with E-state index in [0.717, 1.165) is 23.8 Å². The number of anilines is 1. The summed E-state index contributed by atoms with van der Waals surface area (Å²) < 4.78 is 10.3. The molecule has 2 amide bonds. The minimum absolute atomic E-state index is 0.113. The molecule has 1 atom stereocenters. The van der Waals surface area contributed by atoms with Crippen molar-refractivity contribution in [3.63, 3.8) is 0 Å². The van der Waals surface area contributed by atoms with Gasteiger partial charge in [0.05, 0.1) is 10.6 Å². The molecule has 10 nitrogen and oxygen atoms in total. The SMILES string of the molecule is C[C@H](OC(=O)CN1C(=O)COc2ccc([N+](=O)[O-])cc21)C(=O)NC1CC1. The number of nitro benzene ring substituents is 1. The van der Waals surface area contributed by atoms with E-state index in [1.165, 1.54) is 19.1 Å². The van der Waals surface area contributed by atoms with E-state index in [-0.39, 0.29) is 29.8 Å². The second kappa shape index (κ2) is 6.98. The summed E-state index contributed by atoms with van der Waals surface area (Å²) in [4.78, 5) is 47.4. The number of nitrogens with one attached hydrogen (secondary N) is 1. The first kappa shape index (κ1) is 17.6. The maximum atomic E-state index is 12.1. The van der Waals surface area contributed by atoms with Gasteiger partial charge in [-0.25, -0.2) is 0 Å². The fourth-order valence-electron chi connectivity index (χ4n) is 2.44. The predicted octanol–water partition coefficient (Wildman–Crippen LogP) is 0.530. The Morgan fingerprint density at radius 2 is 2.19 bits per heavy atom. The summed E-state index contributed by atoms with van der Waals surface area (Å²) in [7, 11) is 0. The van der Waals surface area contributed by atoms with Crippen LogP contribution >= 0.6 is 0 Å². The lowest BCUT2D eigenvalue weighted by Crippen LogP contribution is -2.44. The molecule has 1 aromatic carbocycles. The first-order valence-electron chi connectivity index (χ1n) is 8.06. The van der Waals surface area contributed by atoms with Crippen LogP contribution in [0.3, 0.4) is 0 Å². The normalized spacial score (nSPS) is 17.0. The molecule has 1 fully saturated rings. The number of amides is 2. The van der Waals surface area contributed by atoms with E-state index in [4.69, 9.17) is 9.47 Å². The van der Waals surface area contributed by atoms with Gasteiger partial charge in [-0.15, -0.1) is 0 Å². The molecule has 2 aliphatic rings. The zero-order chi connectivity index (χ0) is 18.8. The van der Waals surface area contributed by atoms with Crippen LogP contribution in [0.15, 0.2) is 18.2 Å². The molecular weight excluding hydrogens is 346 g/mol. The van der Waals surface area contributed by atoms with E-state index < -0.39 is 35.4 Å². The first-order chi connectivity index (χ1) is 12.3. The largest absolute Gasteiger partial charge is 0.482 e. The number of hydrogen-bond acceptors (Lipinski definition) is 7. The van der Waals surface area contributed by atoms with Gasteiger partial charge in [0, 0.05) is 18.2 Å². The Hall–Kier alpha value is -3.17.